The Morgan fingerprint density at radius 1 is 1.04 bits per heavy atom. The Morgan fingerprint density at radius 2 is 1.70 bits per heavy atom. The molecular weight excluding hydrogens is 466 g/mol. The minimum absolute atomic E-state index is 0.401. The maximum absolute atomic E-state index is 12.6. The minimum Gasteiger partial charge on any atom is -0.306 e. The first-order chi connectivity index (χ1) is 13.0. The Hall–Kier alpha value is -1.15. The molecular formula is C19H19BrClN3OS2. The van der Waals surface area contributed by atoms with Gasteiger partial charge in [0.15, 0.2) is 5.16 Å². The van der Waals surface area contributed by atoms with E-state index in [1.165, 1.54) is 5.56 Å². The normalized spacial score (nSPS) is 12.3. The topological polar surface area (TPSA) is 47.8 Å². The van der Waals surface area contributed by atoms with Gasteiger partial charge in [0.2, 0.25) is 0 Å². The first-order valence-corrected chi connectivity index (χ1v) is 12.1. The van der Waals surface area contributed by atoms with Gasteiger partial charge in [0, 0.05) is 38.3 Å². The molecule has 8 heteroatoms. The number of thioether (sulfide) groups is 1. The van der Waals surface area contributed by atoms with E-state index < -0.39 is 10.8 Å². The van der Waals surface area contributed by atoms with E-state index in [1.54, 1.807) is 11.8 Å². The van der Waals surface area contributed by atoms with Crippen LogP contribution >= 0.6 is 39.3 Å². The quantitative estimate of drug-likeness (QED) is 0.399. The Labute approximate surface area is 179 Å². The molecule has 3 aromatic rings. The number of hydrogen-bond acceptors (Lipinski definition) is 4. The van der Waals surface area contributed by atoms with Gasteiger partial charge in [-0.3, -0.25) is 4.21 Å². The minimum atomic E-state index is -1.03. The zero-order valence-electron chi connectivity index (χ0n) is 14.8. The lowest BCUT2D eigenvalue weighted by atomic mass is 10.2. The summed E-state index contributed by atoms with van der Waals surface area (Å²) in [5.41, 5.74) is 2.23. The van der Waals surface area contributed by atoms with Gasteiger partial charge in [-0.2, -0.15) is 0 Å². The molecule has 27 heavy (non-hydrogen) atoms. The van der Waals surface area contributed by atoms with Crippen LogP contribution in [0.2, 0.25) is 5.02 Å². The molecule has 3 rings (SSSR count). The molecule has 1 aromatic heterocycles. The van der Waals surface area contributed by atoms with E-state index in [1.807, 2.05) is 53.1 Å². The van der Waals surface area contributed by atoms with Crippen molar-refractivity contribution < 1.29 is 4.21 Å². The molecule has 2 aromatic carbocycles. The number of benzene rings is 2. The summed E-state index contributed by atoms with van der Waals surface area (Å²) in [5, 5.41) is 10.2. The summed E-state index contributed by atoms with van der Waals surface area (Å²) in [6, 6.07) is 15.7. The van der Waals surface area contributed by atoms with Gasteiger partial charge in [-0.25, -0.2) is 0 Å². The molecule has 0 fully saturated rings. The van der Waals surface area contributed by atoms with E-state index >= 15 is 0 Å². The summed E-state index contributed by atoms with van der Waals surface area (Å²) >= 11 is 11.0. The average molecular weight is 485 g/mol. The van der Waals surface area contributed by atoms with Gasteiger partial charge in [0.25, 0.3) is 0 Å². The summed E-state index contributed by atoms with van der Waals surface area (Å²) < 4.78 is 15.6. The molecule has 142 valence electrons. The molecule has 0 saturated carbocycles. The smallest absolute Gasteiger partial charge is 0.191 e. The lowest BCUT2D eigenvalue weighted by Gasteiger charge is -2.08. The lowest BCUT2D eigenvalue weighted by molar-refractivity contribution is 0.650. The van der Waals surface area contributed by atoms with Crippen LogP contribution in [0.5, 0.6) is 0 Å². The van der Waals surface area contributed by atoms with Gasteiger partial charge in [-0.15, -0.1) is 10.2 Å². The molecule has 0 N–H and O–H groups in total. The third kappa shape index (κ3) is 5.91. The van der Waals surface area contributed by atoms with Crippen LogP contribution in [-0.4, -0.2) is 19.0 Å². The van der Waals surface area contributed by atoms with Crippen LogP contribution in [0.15, 0.2) is 58.2 Å². The monoisotopic (exact) mass is 483 g/mol. The molecule has 0 spiro atoms. The molecule has 4 nitrogen and oxygen atoms in total. The van der Waals surface area contributed by atoms with Crippen molar-refractivity contribution in [3.8, 4) is 0 Å². The van der Waals surface area contributed by atoms with E-state index in [-0.39, 0.29) is 0 Å². The zero-order chi connectivity index (χ0) is 19.2. The van der Waals surface area contributed by atoms with Gasteiger partial charge in [0.1, 0.15) is 5.82 Å². The van der Waals surface area contributed by atoms with Crippen molar-refractivity contribution in [1.82, 2.24) is 14.8 Å². The summed E-state index contributed by atoms with van der Waals surface area (Å²) in [4.78, 5) is 0. The maximum atomic E-state index is 12.6. The number of nitrogens with zero attached hydrogens (tertiary/aromatic N) is 3. The Bertz CT molecular complexity index is 914. The fourth-order valence-electron chi connectivity index (χ4n) is 2.54. The molecule has 0 saturated heterocycles. The van der Waals surface area contributed by atoms with Crippen LogP contribution in [0, 0.1) is 0 Å². The molecule has 0 amide bonds. The van der Waals surface area contributed by atoms with Crippen molar-refractivity contribution in [1.29, 1.82) is 0 Å². The second-order valence-corrected chi connectivity index (χ2v) is 9.66. The molecule has 0 aliphatic carbocycles. The van der Waals surface area contributed by atoms with Crippen molar-refractivity contribution in [2.45, 2.75) is 35.9 Å². The highest BCUT2D eigenvalue weighted by Crippen LogP contribution is 2.23. The molecule has 1 heterocycles. The standard InChI is InChI=1S/C19H19BrClN3OS2/c1-2-24-18(13-27(25)12-15-3-7-16(20)8-4-15)22-23-19(24)26-11-14-5-9-17(21)10-6-14/h3-10H,2,11-13H2,1H3/t27-/m0/s1. The van der Waals surface area contributed by atoms with Crippen molar-refractivity contribution in [2.24, 2.45) is 0 Å². The second-order valence-electron chi connectivity index (χ2n) is 5.91. The largest absolute Gasteiger partial charge is 0.306 e. The van der Waals surface area contributed by atoms with Gasteiger partial charge < -0.3 is 4.57 Å². The van der Waals surface area contributed by atoms with Gasteiger partial charge in [0.05, 0.1) is 5.75 Å². The van der Waals surface area contributed by atoms with Crippen LogP contribution in [0.4, 0.5) is 0 Å². The number of aromatic nitrogens is 3. The highest BCUT2D eigenvalue weighted by molar-refractivity contribution is 9.10. The third-order valence-corrected chi connectivity index (χ3v) is 6.98. The summed E-state index contributed by atoms with van der Waals surface area (Å²) in [6.45, 7) is 2.80. The van der Waals surface area contributed by atoms with E-state index in [2.05, 4.69) is 33.1 Å². The van der Waals surface area contributed by atoms with Crippen LogP contribution < -0.4 is 0 Å². The first-order valence-electron chi connectivity index (χ1n) is 8.44. The number of halogens is 2. The van der Waals surface area contributed by atoms with Crippen LogP contribution in [0.1, 0.15) is 23.9 Å². The van der Waals surface area contributed by atoms with Crippen molar-refractivity contribution in [3.63, 3.8) is 0 Å². The Balaban J connectivity index is 1.63. The highest BCUT2D eigenvalue weighted by Gasteiger charge is 2.14. The third-order valence-electron chi connectivity index (χ3n) is 3.92. The molecule has 0 radical (unpaired) electrons. The Kier molecular flexibility index (Phi) is 7.52. The molecule has 0 bridgehead atoms. The van der Waals surface area contributed by atoms with Gasteiger partial charge >= 0.3 is 0 Å². The van der Waals surface area contributed by atoms with Gasteiger partial charge in [-0.05, 0) is 42.3 Å². The fourth-order valence-corrected chi connectivity index (χ4v) is 5.08. The SMILES string of the molecule is CCn1c(C[S@@](=O)Cc2ccc(Br)cc2)nnc1SCc1ccc(Cl)cc1. The van der Waals surface area contributed by atoms with Crippen molar-refractivity contribution in [2.75, 3.05) is 0 Å². The van der Waals surface area contributed by atoms with E-state index in [0.717, 1.165) is 38.3 Å². The first kappa shape index (κ1) is 20.6. The predicted octanol–water partition coefficient (Wildman–Crippen LogP) is 5.46. The molecule has 0 aliphatic rings. The summed E-state index contributed by atoms with van der Waals surface area (Å²) in [7, 11) is -1.03. The summed E-state index contributed by atoms with van der Waals surface area (Å²) in [6.07, 6.45) is 0. The average Bonchev–Trinajstić information content (AvgIpc) is 3.04. The molecule has 1 atom stereocenters. The Morgan fingerprint density at radius 3 is 2.37 bits per heavy atom. The van der Waals surface area contributed by atoms with Crippen LogP contribution in [-0.2, 0) is 34.6 Å². The lowest BCUT2D eigenvalue weighted by Crippen LogP contribution is -2.08. The fraction of sp³-hybridized carbons (Fsp3) is 0.263. The van der Waals surface area contributed by atoms with E-state index in [9.17, 15) is 4.21 Å². The van der Waals surface area contributed by atoms with E-state index in [0.29, 0.717) is 11.5 Å². The van der Waals surface area contributed by atoms with E-state index in [4.69, 9.17) is 11.6 Å². The van der Waals surface area contributed by atoms with Crippen molar-refractivity contribution in [3.05, 3.63) is 75.0 Å². The predicted molar refractivity (Wildman–Crippen MR) is 116 cm³/mol. The number of hydrogen-bond donors (Lipinski definition) is 0. The zero-order valence-corrected chi connectivity index (χ0v) is 18.7. The van der Waals surface area contributed by atoms with Crippen LogP contribution in [0.3, 0.4) is 0 Å². The van der Waals surface area contributed by atoms with Gasteiger partial charge in [-0.1, -0.05) is 63.6 Å². The van der Waals surface area contributed by atoms with Crippen LogP contribution in [0.25, 0.3) is 0 Å². The second kappa shape index (κ2) is 9.87. The highest BCUT2D eigenvalue weighted by atomic mass is 79.9. The number of rotatable bonds is 8. The molecule has 0 unspecified atom stereocenters. The maximum Gasteiger partial charge on any atom is 0.191 e. The molecule has 0 aliphatic heterocycles. The summed E-state index contributed by atoms with van der Waals surface area (Å²) in [5.74, 6) is 2.47. The van der Waals surface area contributed by atoms with Crippen molar-refractivity contribution >= 4 is 50.1 Å².